The van der Waals surface area contributed by atoms with Crippen LogP contribution in [0.5, 0.6) is 0 Å². The minimum atomic E-state index is -3.80. The van der Waals surface area contributed by atoms with Crippen molar-refractivity contribution in [2.24, 2.45) is 0 Å². The van der Waals surface area contributed by atoms with E-state index in [1.165, 1.54) is 16.4 Å². The monoisotopic (exact) mass is 428 g/mol. The van der Waals surface area contributed by atoms with Crippen LogP contribution in [0.2, 0.25) is 0 Å². The normalized spacial score (nSPS) is 17.5. The number of hydrogen-bond donors (Lipinski definition) is 0. The topological polar surface area (TPSA) is 115 Å². The van der Waals surface area contributed by atoms with Gasteiger partial charge in [0.15, 0.2) is 6.61 Å². The van der Waals surface area contributed by atoms with E-state index >= 15 is 0 Å². The fourth-order valence-electron chi connectivity index (χ4n) is 3.31. The first-order chi connectivity index (χ1) is 14.6. The second kappa shape index (κ2) is 8.72. The van der Waals surface area contributed by atoms with Gasteiger partial charge in [-0.25, -0.2) is 8.42 Å². The number of ether oxygens (including phenoxy) is 1. The summed E-state index contributed by atoms with van der Waals surface area (Å²) in [5, 5.41) is 3.85. The van der Waals surface area contributed by atoms with E-state index in [4.69, 9.17) is 9.26 Å². The Labute approximate surface area is 173 Å². The van der Waals surface area contributed by atoms with E-state index in [0.717, 1.165) is 6.42 Å². The number of sulfonamides is 1. The van der Waals surface area contributed by atoms with Gasteiger partial charge in [-0.15, -0.1) is 0 Å². The summed E-state index contributed by atoms with van der Waals surface area (Å²) in [5.74, 6) is -0.175. The lowest BCUT2D eigenvalue weighted by atomic mass is 10.1. The Balaban J connectivity index is 1.45. The number of aromatic nitrogens is 3. The van der Waals surface area contributed by atoms with Crippen LogP contribution in [0.4, 0.5) is 0 Å². The average molecular weight is 428 g/mol. The molecule has 1 saturated heterocycles. The lowest BCUT2D eigenvalue weighted by molar-refractivity contribution is -0.151. The zero-order valence-electron chi connectivity index (χ0n) is 16.0. The molecule has 1 atom stereocenters. The molecule has 1 aromatic carbocycles. The smallest absolute Gasteiger partial charge is 0.324 e. The van der Waals surface area contributed by atoms with Gasteiger partial charge in [0.1, 0.15) is 6.04 Å². The van der Waals surface area contributed by atoms with E-state index in [0.29, 0.717) is 24.2 Å². The van der Waals surface area contributed by atoms with Crippen LogP contribution in [0, 0.1) is 0 Å². The molecule has 1 unspecified atom stereocenters. The summed E-state index contributed by atoms with van der Waals surface area (Å²) in [4.78, 5) is 21.0. The maximum Gasteiger partial charge on any atom is 0.324 e. The Bertz CT molecular complexity index is 1100. The Morgan fingerprint density at radius 3 is 2.77 bits per heavy atom. The summed E-state index contributed by atoms with van der Waals surface area (Å²) in [7, 11) is -3.80. The number of nitrogens with zero attached hydrogens (tertiary/aromatic N) is 4. The molecule has 30 heavy (non-hydrogen) atoms. The van der Waals surface area contributed by atoms with E-state index in [1.807, 2.05) is 0 Å². The molecule has 1 aliphatic rings. The quantitative estimate of drug-likeness (QED) is 0.550. The predicted molar refractivity (Wildman–Crippen MR) is 105 cm³/mol. The number of piperidine rings is 1. The Hall–Kier alpha value is -3.11. The average Bonchev–Trinajstić information content (AvgIpc) is 3.28. The highest BCUT2D eigenvalue weighted by atomic mass is 32.2. The molecule has 0 aliphatic carbocycles. The summed E-state index contributed by atoms with van der Waals surface area (Å²) in [5.41, 5.74) is 0.672. The molecule has 4 rings (SSSR count). The molecule has 1 aliphatic heterocycles. The molecule has 10 heteroatoms. The van der Waals surface area contributed by atoms with Crippen LogP contribution in [0.1, 0.15) is 25.2 Å². The van der Waals surface area contributed by atoms with Gasteiger partial charge in [0.05, 0.1) is 4.90 Å². The lowest BCUT2D eigenvalue weighted by Crippen LogP contribution is -2.48. The Morgan fingerprint density at radius 1 is 1.17 bits per heavy atom. The highest BCUT2D eigenvalue weighted by Gasteiger charge is 2.38. The largest absolute Gasteiger partial charge is 0.454 e. The van der Waals surface area contributed by atoms with Crippen molar-refractivity contribution in [3.63, 3.8) is 0 Å². The maximum atomic E-state index is 13.0. The van der Waals surface area contributed by atoms with E-state index in [1.54, 1.807) is 42.7 Å². The minimum absolute atomic E-state index is 0.121. The maximum absolute atomic E-state index is 13.0. The first-order valence-corrected chi connectivity index (χ1v) is 11.0. The number of benzene rings is 1. The summed E-state index contributed by atoms with van der Waals surface area (Å²) in [6, 6.07) is 10.7. The highest BCUT2D eigenvalue weighted by Crippen LogP contribution is 2.26. The first-order valence-electron chi connectivity index (χ1n) is 9.52. The molecule has 0 N–H and O–H groups in total. The third-order valence-corrected chi connectivity index (χ3v) is 6.72. The van der Waals surface area contributed by atoms with Gasteiger partial charge in [-0.3, -0.25) is 9.78 Å². The van der Waals surface area contributed by atoms with Crippen molar-refractivity contribution in [3.05, 3.63) is 60.7 Å². The number of carbonyl (C=O) groups is 1. The van der Waals surface area contributed by atoms with Crippen molar-refractivity contribution in [3.8, 4) is 11.4 Å². The molecule has 0 radical (unpaired) electrons. The number of hydrogen-bond acceptors (Lipinski definition) is 8. The van der Waals surface area contributed by atoms with Gasteiger partial charge in [0.2, 0.25) is 15.8 Å². The van der Waals surface area contributed by atoms with Crippen molar-refractivity contribution in [2.75, 3.05) is 6.54 Å². The molecule has 9 nitrogen and oxygen atoms in total. The third kappa shape index (κ3) is 4.24. The van der Waals surface area contributed by atoms with Gasteiger partial charge < -0.3 is 9.26 Å². The van der Waals surface area contributed by atoms with Gasteiger partial charge in [-0.2, -0.15) is 9.29 Å². The molecule has 3 heterocycles. The summed E-state index contributed by atoms with van der Waals surface area (Å²) >= 11 is 0. The van der Waals surface area contributed by atoms with Gasteiger partial charge >= 0.3 is 5.97 Å². The molecular formula is C20H20N4O5S. The van der Waals surface area contributed by atoms with E-state index < -0.39 is 22.0 Å². The third-order valence-electron chi connectivity index (χ3n) is 4.80. The zero-order chi connectivity index (χ0) is 21.0. The summed E-state index contributed by atoms with van der Waals surface area (Å²) in [6.45, 7) is 0.0323. The van der Waals surface area contributed by atoms with Crippen molar-refractivity contribution in [1.82, 2.24) is 19.4 Å². The SMILES string of the molecule is O=C(OCc1nc(-c2cccnc2)no1)C1CCCCN1S(=O)(=O)c1ccccc1. The zero-order valence-corrected chi connectivity index (χ0v) is 16.9. The van der Waals surface area contributed by atoms with Crippen molar-refractivity contribution in [2.45, 2.75) is 36.8 Å². The van der Waals surface area contributed by atoms with Crippen LogP contribution >= 0.6 is 0 Å². The fourth-order valence-corrected chi connectivity index (χ4v) is 4.98. The molecule has 0 spiro atoms. The summed E-state index contributed by atoms with van der Waals surface area (Å²) < 4.78 is 37.7. The van der Waals surface area contributed by atoms with Gasteiger partial charge in [-0.05, 0) is 43.5 Å². The van der Waals surface area contributed by atoms with Gasteiger partial charge in [0.25, 0.3) is 5.89 Å². The number of pyridine rings is 1. The van der Waals surface area contributed by atoms with Crippen molar-refractivity contribution < 1.29 is 22.5 Å². The molecule has 156 valence electrons. The minimum Gasteiger partial charge on any atom is -0.454 e. The number of esters is 1. The molecule has 0 saturated carbocycles. The molecule has 0 amide bonds. The van der Waals surface area contributed by atoms with Crippen LogP contribution in [0.15, 0.2) is 64.3 Å². The standard InChI is InChI=1S/C20H20N4O5S/c25-20(28-14-18-22-19(23-29-18)15-7-6-11-21-13-15)17-10-4-5-12-24(17)30(26,27)16-8-2-1-3-9-16/h1-3,6-9,11,13,17H,4-5,10,12,14H2. The van der Waals surface area contributed by atoms with Gasteiger partial charge in [0, 0.05) is 24.5 Å². The molecule has 1 fully saturated rings. The predicted octanol–water partition coefficient (Wildman–Crippen LogP) is 2.42. The van der Waals surface area contributed by atoms with Crippen LogP contribution in [0.25, 0.3) is 11.4 Å². The first kappa shape index (κ1) is 20.2. The lowest BCUT2D eigenvalue weighted by Gasteiger charge is -2.32. The van der Waals surface area contributed by atoms with Gasteiger partial charge in [-0.1, -0.05) is 23.4 Å². The molecule has 3 aromatic rings. The van der Waals surface area contributed by atoms with E-state index in [2.05, 4.69) is 15.1 Å². The molecular weight excluding hydrogens is 408 g/mol. The van der Waals surface area contributed by atoms with Crippen LogP contribution in [0.3, 0.4) is 0 Å². The molecule has 2 aromatic heterocycles. The number of rotatable bonds is 6. The van der Waals surface area contributed by atoms with Crippen LogP contribution in [-0.2, 0) is 26.2 Å². The van der Waals surface area contributed by atoms with E-state index in [-0.39, 0.29) is 23.9 Å². The Kier molecular flexibility index (Phi) is 5.86. The Morgan fingerprint density at radius 2 is 2.00 bits per heavy atom. The van der Waals surface area contributed by atoms with E-state index in [9.17, 15) is 13.2 Å². The van der Waals surface area contributed by atoms with Crippen LogP contribution in [-0.4, -0.2) is 46.4 Å². The fraction of sp³-hybridized carbons (Fsp3) is 0.300. The summed E-state index contributed by atoms with van der Waals surface area (Å²) in [6.07, 6.45) is 5.05. The second-order valence-electron chi connectivity index (χ2n) is 6.80. The van der Waals surface area contributed by atoms with Crippen molar-refractivity contribution >= 4 is 16.0 Å². The van der Waals surface area contributed by atoms with Crippen LogP contribution < -0.4 is 0 Å². The number of carbonyl (C=O) groups excluding carboxylic acids is 1. The van der Waals surface area contributed by atoms with Crippen molar-refractivity contribution in [1.29, 1.82) is 0 Å². The highest BCUT2D eigenvalue weighted by molar-refractivity contribution is 7.89. The second-order valence-corrected chi connectivity index (χ2v) is 8.69. The molecule has 0 bridgehead atoms.